The smallest absolute Gasteiger partial charge is 0.404 e. The number of benzene rings is 1. The zero-order valence-electron chi connectivity index (χ0n) is 11.0. The molecule has 0 aliphatic heterocycles. The van der Waals surface area contributed by atoms with Crippen molar-refractivity contribution in [3.63, 3.8) is 0 Å². The molecule has 1 amide bonds. The van der Waals surface area contributed by atoms with E-state index < -0.39 is 6.09 Å². The van der Waals surface area contributed by atoms with Crippen LogP contribution in [0.5, 0.6) is 5.88 Å². The van der Waals surface area contributed by atoms with Crippen LogP contribution in [0.1, 0.15) is 21.5 Å². The molecule has 0 bridgehead atoms. The molecule has 7 nitrogen and oxygen atoms in total. The monoisotopic (exact) mass is 353 g/mol. The van der Waals surface area contributed by atoms with Crippen LogP contribution in [0.3, 0.4) is 0 Å². The lowest BCUT2D eigenvalue weighted by Crippen LogP contribution is -2.20. The molecule has 110 valence electrons. The Kier molecular flexibility index (Phi) is 4.27. The van der Waals surface area contributed by atoms with Gasteiger partial charge in [-0.1, -0.05) is 15.9 Å². The summed E-state index contributed by atoms with van der Waals surface area (Å²) in [6.45, 7) is 0.0655. The van der Waals surface area contributed by atoms with Crippen LogP contribution in [0.4, 0.5) is 4.79 Å². The van der Waals surface area contributed by atoms with Crippen LogP contribution in [0.25, 0.3) is 0 Å². The second kappa shape index (κ2) is 5.96. The molecule has 0 aliphatic rings. The van der Waals surface area contributed by atoms with Crippen LogP contribution >= 0.6 is 15.9 Å². The first-order valence-corrected chi connectivity index (χ1v) is 6.70. The molecule has 1 aromatic heterocycles. The molecule has 2 aromatic rings. The van der Waals surface area contributed by atoms with E-state index >= 15 is 0 Å². The number of ketones is 1. The number of aryl methyl sites for hydroxylation is 1. The van der Waals surface area contributed by atoms with Crippen LogP contribution < -0.4 is 5.32 Å². The van der Waals surface area contributed by atoms with Gasteiger partial charge in [-0.05, 0) is 23.8 Å². The van der Waals surface area contributed by atoms with Crippen molar-refractivity contribution in [2.45, 2.75) is 6.54 Å². The van der Waals surface area contributed by atoms with Crippen molar-refractivity contribution < 1.29 is 19.8 Å². The maximum absolute atomic E-state index is 12.3. The first-order valence-electron chi connectivity index (χ1n) is 5.91. The lowest BCUT2D eigenvalue weighted by atomic mass is 10.0. The van der Waals surface area contributed by atoms with Crippen molar-refractivity contribution in [1.82, 2.24) is 15.1 Å². The van der Waals surface area contributed by atoms with Gasteiger partial charge in [-0.15, -0.1) is 0 Å². The third-order valence-corrected chi connectivity index (χ3v) is 3.66. The second-order valence-corrected chi connectivity index (χ2v) is 5.15. The Morgan fingerprint density at radius 1 is 1.43 bits per heavy atom. The van der Waals surface area contributed by atoms with Crippen LogP contribution in [-0.4, -0.2) is 31.9 Å². The molecule has 8 heteroatoms. The molecule has 0 aliphatic carbocycles. The number of carbonyl (C=O) groups excluding carboxylic acids is 1. The molecule has 0 unspecified atom stereocenters. The number of aromatic nitrogens is 2. The minimum atomic E-state index is -1.15. The van der Waals surface area contributed by atoms with Gasteiger partial charge in [0.05, 0.1) is 6.20 Å². The summed E-state index contributed by atoms with van der Waals surface area (Å²) < 4.78 is 1.88. The average Bonchev–Trinajstić information content (AvgIpc) is 2.77. The topological polar surface area (TPSA) is 104 Å². The van der Waals surface area contributed by atoms with Crippen molar-refractivity contribution in [3.05, 3.63) is 45.6 Å². The van der Waals surface area contributed by atoms with E-state index in [-0.39, 0.29) is 23.8 Å². The van der Waals surface area contributed by atoms with Crippen LogP contribution in [0, 0.1) is 0 Å². The predicted molar refractivity (Wildman–Crippen MR) is 77.3 cm³/mol. The normalized spacial score (nSPS) is 10.4. The summed E-state index contributed by atoms with van der Waals surface area (Å²) in [6, 6.07) is 4.80. The Morgan fingerprint density at radius 2 is 2.14 bits per heavy atom. The van der Waals surface area contributed by atoms with Gasteiger partial charge in [-0.3, -0.25) is 4.79 Å². The standard InChI is InChI=1S/C13H12BrN3O4/c1-17-12(19)9(6-16-17)11(18)7-2-3-10(14)8(4-7)5-15-13(20)21/h2-4,6,15,19H,5H2,1H3,(H,20,21). The Bertz CT molecular complexity index is 711. The van der Waals surface area contributed by atoms with E-state index in [1.807, 2.05) is 0 Å². The molecular formula is C13H12BrN3O4. The second-order valence-electron chi connectivity index (χ2n) is 4.30. The van der Waals surface area contributed by atoms with Crippen molar-refractivity contribution >= 4 is 27.8 Å². The number of carbonyl (C=O) groups is 2. The quantitative estimate of drug-likeness (QED) is 0.728. The summed E-state index contributed by atoms with van der Waals surface area (Å²) in [6.07, 6.45) is 0.137. The van der Waals surface area contributed by atoms with Gasteiger partial charge in [-0.2, -0.15) is 5.10 Å². The fourth-order valence-electron chi connectivity index (χ4n) is 1.77. The van der Waals surface area contributed by atoms with E-state index in [0.717, 1.165) is 0 Å². The van der Waals surface area contributed by atoms with Gasteiger partial charge in [0.25, 0.3) is 0 Å². The lowest BCUT2D eigenvalue weighted by molar-refractivity contribution is 0.103. The minimum absolute atomic E-state index is 0.0655. The Hall–Kier alpha value is -2.35. The molecular weight excluding hydrogens is 342 g/mol. The van der Waals surface area contributed by atoms with Crippen molar-refractivity contribution in [3.8, 4) is 5.88 Å². The predicted octanol–water partition coefficient (Wildman–Crippen LogP) is 1.89. The zero-order valence-corrected chi connectivity index (χ0v) is 12.6. The lowest BCUT2D eigenvalue weighted by Gasteiger charge is -2.07. The molecule has 0 fully saturated rings. The van der Waals surface area contributed by atoms with E-state index in [4.69, 9.17) is 5.11 Å². The summed E-state index contributed by atoms with van der Waals surface area (Å²) in [5.74, 6) is -0.599. The molecule has 0 atom stereocenters. The van der Waals surface area contributed by atoms with Gasteiger partial charge in [0.2, 0.25) is 5.88 Å². The highest BCUT2D eigenvalue weighted by molar-refractivity contribution is 9.10. The van der Waals surface area contributed by atoms with Gasteiger partial charge in [-0.25, -0.2) is 9.48 Å². The van der Waals surface area contributed by atoms with E-state index in [1.165, 1.54) is 17.9 Å². The molecule has 21 heavy (non-hydrogen) atoms. The average molecular weight is 354 g/mol. The number of aromatic hydroxyl groups is 1. The Labute approximate surface area is 128 Å². The number of carboxylic acid groups (broad SMARTS) is 1. The first-order chi connectivity index (χ1) is 9.90. The maximum atomic E-state index is 12.3. The minimum Gasteiger partial charge on any atom is -0.493 e. The highest BCUT2D eigenvalue weighted by Crippen LogP contribution is 2.23. The fraction of sp³-hybridized carbons (Fsp3) is 0.154. The number of rotatable bonds is 4. The molecule has 0 radical (unpaired) electrons. The summed E-state index contributed by atoms with van der Waals surface area (Å²) in [4.78, 5) is 22.9. The number of hydrogen-bond acceptors (Lipinski definition) is 4. The molecule has 3 N–H and O–H groups in total. The zero-order chi connectivity index (χ0) is 15.6. The van der Waals surface area contributed by atoms with Crippen molar-refractivity contribution in [2.24, 2.45) is 7.05 Å². The fourth-order valence-corrected chi connectivity index (χ4v) is 2.16. The van der Waals surface area contributed by atoms with E-state index in [9.17, 15) is 14.7 Å². The third kappa shape index (κ3) is 3.22. The Balaban J connectivity index is 2.32. The number of nitrogens with one attached hydrogen (secondary N) is 1. The van der Waals surface area contributed by atoms with Gasteiger partial charge in [0, 0.05) is 23.6 Å². The first kappa shape index (κ1) is 15.0. The van der Waals surface area contributed by atoms with E-state index in [2.05, 4.69) is 26.3 Å². The summed E-state index contributed by atoms with van der Waals surface area (Å²) in [5.41, 5.74) is 1.05. The molecule has 1 heterocycles. The van der Waals surface area contributed by atoms with Crippen LogP contribution in [-0.2, 0) is 13.6 Å². The van der Waals surface area contributed by atoms with Gasteiger partial charge < -0.3 is 15.5 Å². The van der Waals surface area contributed by atoms with Gasteiger partial charge >= 0.3 is 6.09 Å². The highest BCUT2D eigenvalue weighted by Gasteiger charge is 2.18. The summed E-state index contributed by atoms with van der Waals surface area (Å²) in [7, 11) is 1.52. The SMILES string of the molecule is Cn1ncc(C(=O)c2ccc(Br)c(CNC(=O)O)c2)c1O. The Morgan fingerprint density at radius 3 is 2.71 bits per heavy atom. The van der Waals surface area contributed by atoms with Crippen molar-refractivity contribution in [1.29, 1.82) is 0 Å². The van der Waals surface area contributed by atoms with Gasteiger partial charge in [0.15, 0.2) is 5.78 Å². The number of amides is 1. The van der Waals surface area contributed by atoms with Gasteiger partial charge in [0.1, 0.15) is 5.56 Å². The number of hydrogen-bond donors (Lipinski definition) is 3. The molecule has 0 saturated carbocycles. The van der Waals surface area contributed by atoms with E-state index in [1.54, 1.807) is 18.2 Å². The third-order valence-electron chi connectivity index (χ3n) is 2.89. The summed E-state index contributed by atoms with van der Waals surface area (Å²) >= 11 is 3.29. The van der Waals surface area contributed by atoms with Crippen LogP contribution in [0.15, 0.2) is 28.9 Å². The van der Waals surface area contributed by atoms with E-state index in [0.29, 0.717) is 15.6 Å². The summed E-state index contributed by atoms with van der Waals surface area (Å²) in [5, 5.41) is 24.4. The van der Waals surface area contributed by atoms with Crippen molar-refractivity contribution in [2.75, 3.05) is 0 Å². The molecule has 2 rings (SSSR count). The molecule has 1 aromatic carbocycles. The molecule has 0 spiro atoms. The molecule has 0 saturated heterocycles. The number of halogens is 1. The highest BCUT2D eigenvalue weighted by atomic mass is 79.9. The largest absolute Gasteiger partial charge is 0.493 e. The van der Waals surface area contributed by atoms with Crippen LogP contribution in [0.2, 0.25) is 0 Å². The number of nitrogens with zero attached hydrogens (tertiary/aromatic N) is 2. The maximum Gasteiger partial charge on any atom is 0.404 e.